The number of hydrogen-bond donors (Lipinski definition) is 0. The molecule has 0 aliphatic rings. The first kappa shape index (κ1) is 21.4. The summed E-state index contributed by atoms with van der Waals surface area (Å²) >= 11 is 7.42. The van der Waals surface area contributed by atoms with Gasteiger partial charge in [0.1, 0.15) is 11.2 Å². The van der Waals surface area contributed by atoms with E-state index in [1.54, 1.807) is 35.7 Å². The van der Waals surface area contributed by atoms with E-state index >= 15 is 0 Å². The van der Waals surface area contributed by atoms with Crippen molar-refractivity contribution in [3.8, 4) is 0 Å². The maximum absolute atomic E-state index is 13.3. The van der Waals surface area contributed by atoms with Crippen LogP contribution in [0, 0.1) is 0 Å². The summed E-state index contributed by atoms with van der Waals surface area (Å²) in [4.78, 5) is 39.3. The molecule has 3 aromatic heterocycles. The van der Waals surface area contributed by atoms with Gasteiger partial charge in [0.15, 0.2) is 5.78 Å². The average molecular weight is 479 g/mol. The molecule has 0 amide bonds. The van der Waals surface area contributed by atoms with Crippen molar-refractivity contribution in [3.63, 3.8) is 0 Å². The zero-order chi connectivity index (χ0) is 23.1. The highest BCUT2D eigenvalue weighted by atomic mass is 35.5. The number of ketones is 1. The Labute approximate surface area is 197 Å². The SMILES string of the molecule is CCc1ccc(Cn2c(=O)c3sccc3n3c(=O)n(CC(=O)c4ccccc4Cl)nc23)cc1. The molecule has 0 saturated carbocycles. The van der Waals surface area contributed by atoms with Crippen LogP contribution < -0.4 is 11.2 Å². The smallest absolute Gasteiger partial charge is 0.292 e. The summed E-state index contributed by atoms with van der Waals surface area (Å²) in [5, 5.41) is 6.48. The second-order valence-corrected chi connectivity index (χ2v) is 9.00. The molecule has 0 unspecified atom stereocenters. The first-order valence-electron chi connectivity index (χ1n) is 10.4. The van der Waals surface area contributed by atoms with E-state index in [9.17, 15) is 14.4 Å². The molecule has 0 aliphatic heterocycles. The van der Waals surface area contributed by atoms with Crippen LogP contribution in [0.5, 0.6) is 0 Å². The lowest BCUT2D eigenvalue weighted by atomic mass is 10.1. The Morgan fingerprint density at radius 3 is 2.48 bits per heavy atom. The molecule has 0 bridgehead atoms. The molecule has 7 nitrogen and oxygen atoms in total. The van der Waals surface area contributed by atoms with Gasteiger partial charge in [-0.05, 0) is 41.1 Å². The lowest BCUT2D eigenvalue weighted by molar-refractivity contribution is 0.0966. The third kappa shape index (κ3) is 3.71. The molecule has 2 aromatic carbocycles. The summed E-state index contributed by atoms with van der Waals surface area (Å²) in [6.07, 6.45) is 0.922. The predicted molar refractivity (Wildman–Crippen MR) is 130 cm³/mol. The van der Waals surface area contributed by atoms with Gasteiger partial charge in [0.2, 0.25) is 5.78 Å². The summed E-state index contributed by atoms with van der Waals surface area (Å²) < 4.78 is 4.44. The van der Waals surface area contributed by atoms with Gasteiger partial charge in [-0.1, -0.05) is 54.9 Å². The van der Waals surface area contributed by atoms with Crippen molar-refractivity contribution in [3.05, 3.63) is 103 Å². The number of nitrogens with zero attached hydrogens (tertiary/aromatic N) is 4. The Hall–Kier alpha value is -3.49. The fraction of sp³-hybridized carbons (Fsp3) is 0.167. The van der Waals surface area contributed by atoms with Gasteiger partial charge in [-0.2, -0.15) is 0 Å². The van der Waals surface area contributed by atoms with Crippen LogP contribution in [0.25, 0.3) is 16.0 Å². The molecular formula is C24H19ClN4O3S. The highest BCUT2D eigenvalue weighted by Crippen LogP contribution is 2.19. The fourth-order valence-corrected chi connectivity index (χ4v) is 4.92. The number of thiophene rings is 1. The lowest BCUT2D eigenvalue weighted by Crippen LogP contribution is -2.27. The first-order valence-corrected chi connectivity index (χ1v) is 11.7. The van der Waals surface area contributed by atoms with Gasteiger partial charge < -0.3 is 0 Å². The Kier molecular flexibility index (Phi) is 5.47. The number of Topliss-reactive ketones (excluding diaryl/α,β-unsaturated/α-hetero) is 1. The van der Waals surface area contributed by atoms with Gasteiger partial charge in [-0.25, -0.2) is 13.9 Å². The van der Waals surface area contributed by atoms with Gasteiger partial charge in [0.25, 0.3) is 5.56 Å². The minimum atomic E-state index is -0.483. The summed E-state index contributed by atoms with van der Waals surface area (Å²) in [5.41, 5.74) is 2.21. The number of hydrogen-bond acceptors (Lipinski definition) is 5. The van der Waals surface area contributed by atoms with Crippen LogP contribution in [0.2, 0.25) is 5.02 Å². The van der Waals surface area contributed by atoms with E-state index in [1.807, 2.05) is 24.3 Å². The van der Waals surface area contributed by atoms with E-state index in [4.69, 9.17) is 11.6 Å². The third-order valence-corrected chi connectivity index (χ3v) is 6.85. The van der Waals surface area contributed by atoms with Crippen LogP contribution >= 0.6 is 22.9 Å². The van der Waals surface area contributed by atoms with Crippen molar-refractivity contribution in [2.75, 3.05) is 0 Å². The molecule has 0 spiro atoms. The normalized spacial score (nSPS) is 11.5. The van der Waals surface area contributed by atoms with E-state index in [0.717, 1.165) is 16.7 Å². The minimum Gasteiger partial charge on any atom is -0.292 e. The largest absolute Gasteiger partial charge is 0.352 e. The molecule has 0 atom stereocenters. The van der Waals surface area contributed by atoms with Crippen molar-refractivity contribution < 1.29 is 4.79 Å². The van der Waals surface area contributed by atoms with E-state index in [0.29, 0.717) is 20.8 Å². The van der Waals surface area contributed by atoms with Crippen LogP contribution in [-0.4, -0.2) is 24.5 Å². The topological polar surface area (TPSA) is 78.4 Å². The molecule has 33 heavy (non-hydrogen) atoms. The average Bonchev–Trinajstić information content (AvgIpc) is 3.42. The molecule has 0 radical (unpaired) electrons. The number of carbonyl (C=O) groups excluding carboxylic acids is 1. The monoisotopic (exact) mass is 478 g/mol. The van der Waals surface area contributed by atoms with E-state index in [-0.39, 0.29) is 30.2 Å². The Bertz CT molecular complexity index is 1630. The molecular weight excluding hydrogens is 460 g/mol. The number of aromatic nitrogens is 4. The Morgan fingerprint density at radius 1 is 1.03 bits per heavy atom. The van der Waals surface area contributed by atoms with Gasteiger partial charge in [-0.3, -0.25) is 14.2 Å². The fourth-order valence-electron chi connectivity index (χ4n) is 3.85. The first-order chi connectivity index (χ1) is 16.0. The van der Waals surface area contributed by atoms with Crippen molar-refractivity contribution in [1.29, 1.82) is 0 Å². The van der Waals surface area contributed by atoms with Crippen molar-refractivity contribution in [1.82, 2.24) is 18.7 Å². The number of benzene rings is 2. The molecule has 166 valence electrons. The molecule has 0 fully saturated rings. The molecule has 0 aliphatic carbocycles. The van der Waals surface area contributed by atoms with Gasteiger partial charge in [0.05, 0.1) is 17.1 Å². The van der Waals surface area contributed by atoms with Crippen LogP contribution in [0.4, 0.5) is 0 Å². The number of carbonyl (C=O) groups is 1. The molecule has 0 saturated heterocycles. The summed E-state index contributed by atoms with van der Waals surface area (Å²) in [6, 6.07) is 16.4. The van der Waals surface area contributed by atoms with Crippen LogP contribution in [0.3, 0.4) is 0 Å². The van der Waals surface area contributed by atoms with Gasteiger partial charge in [0, 0.05) is 5.56 Å². The highest BCUT2D eigenvalue weighted by Gasteiger charge is 2.20. The van der Waals surface area contributed by atoms with Gasteiger partial charge >= 0.3 is 5.69 Å². The van der Waals surface area contributed by atoms with E-state index in [1.165, 1.54) is 25.9 Å². The zero-order valence-corrected chi connectivity index (χ0v) is 19.3. The number of aryl methyl sites for hydroxylation is 1. The van der Waals surface area contributed by atoms with Crippen LogP contribution in [0.1, 0.15) is 28.4 Å². The number of halogens is 1. The third-order valence-electron chi connectivity index (χ3n) is 5.63. The zero-order valence-electron chi connectivity index (χ0n) is 17.7. The molecule has 5 rings (SSSR count). The molecule has 3 heterocycles. The maximum Gasteiger partial charge on any atom is 0.352 e. The second kappa shape index (κ2) is 8.46. The number of fused-ring (bicyclic) bond motifs is 3. The Balaban J connectivity index is 1.65. The van der Waals surface area contributed by atoms with Gasteiger partial charge in [-0.15, -0.1) is 16.4 Å². The summed E-state index contributed by atoms with van der Waals surface area (Å²) in [7, 11) is 0. The minimum absolute atomic E-state index is 0.197. The summed E-state index contributed by atoms with van der Waals surface area (Å²) in [5.74, 6) is -0.140. The van der Waals surface area contributed by atoms with E-state index < -0.39 is 5.69 Å². The van der Waals surface area contributed by atoms with Crippen molar-refractivity contribution in [2.24, 2.45) is 0 Å². The second-order valence-electron chi connectivity index (χ2n) is 7.67. The quantitative estimate of drug-likeness (QED) is 0.345. The Morgan fingerprint density at radius 2 is 1.76 bits per heavy atom. The highest BCUT2D eigenvalue weighted by molar-refractivity contribution is 7.17. The lowest BCUT2D eigenvalue weighted by Gasteiger charge is -2.08. The standard InChI is InChI=1S/C24H19ClN4O3S/c1-2-15-7-9-16(10-8-15)13-27-22(31)21-19(11-12-33-21)29-23(27)26-28(24(29)32)14-20(30)17-5-3-4-6-18(17)25/h3-12H,2,13-14H2,1H3. The van der Waals surface area contributed by atoms with E-state index in [2.05, 4.69) is 12.0 Å². The van der Waals surface area contributed by atoms with Crippen LogP contribution in [0.15, 0.2) is 69.6 Å². The van der Waals surface area contributed by atoms with Crippen LogP contribution in [-0.2, 0) is 19.5 Å². The summed E-state index contributed by atoms with van der Waals surface area (Å²) in [6.45, 7) is 2.06. The maximum atomic E-state index is 13.3. The molecule has 5 aromatic rings. The van der Waals surface area contributed by atoms with Crippen molar-refractivity contribution >= 4 is 44.7 Å². The number of rotatable bonds is 6. The molecule has 0 N–H and O–H groups in total. The predicted octanol–water partition coefficient (Wildman–Crippen LogP) is 4.02. The van der Waals surface area contributed by atoms with Crippen molar-refractivity contribution in [2.45, 2.75) is 26.4 Å². The molecule has 9 heteroatoms.